The van der Waals surface area contributed by atoms with Crippen LogP contribution in [0.15, 0.2) is 18.2 Å². The monoisotopic (exact) mass is 335 g/mol. The zero-order chi connectivity index (χ0) is 13.8. The van der Waals surface area contributed by atoms with Crippen LogP contribution >= 0.6 is 34.7 Å². The molecule has 1 aromatic carbocycles. The minimum Gasteiger partial charge on any atom is -0.378 e. The number of rotatable bonds is 5. The summed E-state index contributed by atoms with van der Waals surface area (Å²) in [6.45, 7) is 0.452. The van der Waals surface area contributed by atoms with Crippen molar-refractivity contribution in [2.24, 2.45) is 0 Å². The topological polar surface area (TPSA) is 54.9 Å². The number of aromatic nitrogens is 2. The number of nitrogens with zero attached hydrogens (tertiary/aromatic N) is 2. The first-order valence-corrected chi connectivity index (χ1v) is 8.61. The Morgan fingerprint density at radius 1 is 1.42 bits per heavy atom. The van der Waals surface area contributed by atoms with E-state index < -0.39 is 10.8 Å². The lowest BCUT2D eigenvalue weighted by atomic mass is 10.2. The van der Waals surface area contributed by atoms with Crippen LogP contribution in [-0.4, -0.2) is 20.1 Å². The van der Waals surface area contributed by atoms with Crippen LogP contribution in [0.3, 0.4) is 0 Å². The molecule has 2 rings (SSSR count). The first-order valence-electron chi connectivity index (χ1n) is 5.35. The standard InChI is InChI=1S/C11H11Cl2N3OS2/c1-19(17)6-7-2-3-8(12)9(4-7)14-5-10-11(13)18-16-15-10/h2-4,14H,5-6H2,1H3/t19-/m1/s1. The fourth-order valence-corrected chi connectivity index (χ4v) is 2.97. The Balaban J connectivity index is 2.11. The summed E-state index contributed by atoms with van der Waals surface area (Å²) in [5, 5.41) is 7.67. The molecule has 1 atom stereocenters. The van der Waals surface area contributed by atoms with E-state index in [-0.39, 0.29) is 0 Å². The smallest absolute Gasteiger partial charge is 0.139 e. The van der Waals surface area contributed by atoms with Crippen LogP contribution in [0.1, 0.15) is 11.3 Å². The van der Waals surface area contributed by atoms with Crippen LogP contribution in [0.5, 0.6) is 0 Å². The van der Waals surface area contributed by atoms with Crippen LogP contribution in [0.2, 0.25) is 9.36 Å². The summed E-state index contributed by atoms with van der Waals surface area (Å²) in [7, 11) is -0.881. The lowest BCUT2D eigenvalue weighted by Gasteiger charge is -2.09. The minimum absolute atomic E-state index is 0.452. The summed E-state index contributed by atoms with van der Waals surface area (Å²) in [5.41, 5.74) is 2.43. The highest BCUT2D eigenvalue weighted by Gasteiger charge is 2.07. The molecular formula is C11H11Cl2N3OS2. The molecule has 8 heteroatoms. The second-order valence-corrected chi connectivity index (χ2v) is 7.08. The van der Waals surface area contributed by atoms with Crippen molar-refractivity contribution in [3.05, 3.63) is 38.8 Å². The molecule has 0 aliphatic heterocycles. The predicted octanol–water partition coefficient (Wildman–Crippen LogP) is 3.34. The quantitative estimate of drug-likeness (QED) is 0.910. The number of nitrogens with one attached hydrogen (secondary N) is 1. The molecule has 4 nitrogen and oxygen atoms in total. The molecule has 1 aromatic heterocycles. The van der Waals surface area contributed by atoms with Gasteiger partial charge in [-0.15, -0.1) is 5.10 Å². The van der Waals surface area contributed by atoms with E-state index in [0.29, 0.717) is 27.4 Å². The Hall–Kier alpha value is -0.690. The van der Waals surface area contributed by atoms with Gasteiger partial charge in [0.25, 0.3) is 0 Å². The molecule has 2 aromatic rings. The highest BCUT2D eigenvalue weighted by Crippen LogP contribution is 2.25. The first-order chi connectivity index (χ1) is 9.06. The molecule has 0 saturated carbocycles. The number of benzene rings is 1. The average molecular weight is 336 g/mol. The number of anilines is 1. The second kappa shape index (κ2) is 6.65. The van der Waals surface area contributed by atoms with E-state index in [4.69, 9.17) is 23.2 Å². The van der Waals surface area contributed by atoms with E-state index in [2.05, 4.69) is 14.9 Å². The molecule has 19 heavy (non-hydrogen) atoms. The van der Waals surface area contributed by atoms with Gasteiger partial charge < -0.3 is 5.32 Å². The molecular weight excluding hydrogens is 325 g/mol. The average Bonchev–Trinajstić information content (AvgIpc) is 2.75. The van der Waals surface area contributed by atoms with Gasteiger partial charge in [-0.3, -0.25) is 4.21 Å². The van der Waals surface area contributed by atoms with Crippen LogP contribution in [0, 0.1) is 0 Å². The zero-order valence-corrected chi connectivity index (χ0v) is 13.2. The summed E-state index contributed by atoms with van der Waals surface area (Å²) >= 11 is 13.2. The third-order valence-corrected chi connectivity index (χ3v) is 4.41. The van der Waals surface area contributed by atoms with Crippen molar-refractivity contribution in [1.82, 2.24) is 9.59 Å². The van der Waals surface area contributed by atoms with Crippen LogP contribution in [-0.2, 0) is 23.1 Å². The Morgan fingerprint density at radius 2 is 2.21 bits per heavy atom. The number of hydrogen-bond acceptors (Lipinski definition) is 5. The SMILES string of the molecule is C[S@@](=O)Cc1ccc(Cl)c(NCc2nnsc2Cl)c1. The third kappa shape index (κ3) is 4.14. The Kier molecular flexibility index (Phi) is 5.15. The molecule has 0 spiro atoms. The highest BCUT2D eigenvalue weighted by molar-refractivity contribution is 7.83. The molecule has 0 unspecified atom stereocenters. The lowest BCUT2D eigenvalue weighted by molar-refractivity contribution is 0.686. The fraction of sp³-hybridized carbons (Fsp3) is 0.273. The Labute approximate surface area is 127 Å². The number of halogens is 2. The fourth-order valence-electron chi connectivity index (χ4n) is 1.51. The predicted molar refractivity (Wildman–Crippen MR) is 81.5 cm³/mol. The molecule has 0 fully saturated rings. The molecule has 0 saturated heterocycles. The Morgan fingerprint density at radius 3 is 2.84 bits per heavy atom. The maximum atomic E-state index is 11.2. The summed E-state index contributed by atoms with van der Waals surface area (Å²) in [6.07, 6.45) is 1.67. The van der Waals surface area contributed by atoms with Gasteiger partial charge in [-0.2, -0.15) is 0 Å². The summed E-state index contributed by atoms with van der Waals surface area (Å²) in [6, 6.07) is 5.54. The van der Waals surface area contributed by atoms with Gasteiger partial charge in [-0.05, 0) is 17.7 Å². The van der Waals surface area contributed by atoms with E-state index in [0.717, 1.165) is 22.8 Å². The van der Waals surface area contributed by atoms with E-state index in [1.54, 1.807) is 12.3 Å². The Bertz CT molecular complexity index is 603. The van der Waals surface area contributed by atoms with Gasteiger partial charge in [0.15, 0.2) is 0 Å². The van der Waals surface area contributed by atoms with Crippen molar-refractivity contribution < 1.29 is 4.21 Å². The molecule has 102 valence electrons. The van der Waals surface area contributed by atoms with Gasteiger partial charge in [0.2, 0.25) is 0 Å². The van der Waals surface area contributed by atoms with Gasteiger partial charge in [0, 0.05) is 34.3 Å². The first kappa shape index (κ1) is 14.7. The molecule has 0 bridgehead atoms. The summed E-state index contributed by atoms with van der Waals surface area (Å²) in [4.78, 5) is 0. The third-order valence-electron chi connectivity index (χ3n) is 2.36. The van der Waals surface area contributed by atoms with Gasteiger partial charge in [0.1, 0.15) is 10.0 Å². The van der Waals surface area contributed by atoms with Crippen molar-refractivity contribution in [1.29, 1.82) is 0 Å². The van der Waals surface area contributed by atoms with Gasteiger partial charge in [-0.25, -0.2) is 0 Å². The van der Waals surface area contributed by atoms with Gasteiger partial charge in [-0.1, -0.05) is 33.8 Å². The van der Waals surface area contributed by atoms with Crippen LogP contribution in [0.4, 0.5) is 5.69 Å². The van der Waals surface area contributed by atoms with Crippen molar-refractivity contribution in [2.45, 2.75) is 12.3 Å². The molecule has 0 radical (unpaired) electrons. The van der Waals surface area contributed by atoms with E-state index in [1.807, 2.05) is 12.1 Å². The van der Waals surface area contributed by atoms with E-state index in [1.165, 1.54) is 0 Å². The summed E-state index contributed by atoms with van der Waals surface area (Å²) in [5.74, 6) is 0.505. The second-order valence-electron chi connectivity index (χ2n) is 3.88. The van der Waals surface area contributed by atoms with Gasteiger partial charge in [0.05, 0.1) is 17.3 Å². The highest BCUT2D eigenvalue weighted by atomic mass is 35.5. The maximum Gasteiger partial charge on any atom is 0.139 e. The minimum atomic E-state index is -0.881. The largest absolute Gasteiger partial charge is 0.378 e. The van der Waals surface area contributed by atoms with E-state index >= 15 is 0 Å². The molecule has 1 N–H and O–H groups in total. The van der Waals surface area contributed by atoms with Crippen molar-refractivity contribution in [3.63, 3.8) is 0 Å². The number of hydrogen-bond donors (Lipinski definition) is 1. The van der Waals surface area contributed by atoms with Crippen LogP contribution < -0.4 is 5.32 Å². The van der Waals surface area contributed by atoms with E-state index in [9.17, 15) is 4.21 Å². The molecule has 0 amide bonds. The van der Waals surface area contributed by atoms with Crippen molar-refractivity contribution in [3.8, 4) is 0 Å². The molecule has 0 aliphatic rings. The van der Waals surface area contributed by atoms with Crippen molar-refractivity contribution >= 4 is 51.2 Å². The summed E-state index contributed by atoms with van der Waals surface area (Å²) < 4.78 is 15.5. The molecule has 0 aliphatic carbocycles. The van der Waals surface area contributed by atoms with Gasteiger partial charge >= 0.3 is 0 Å². The zero-order valence-electron chi connectivity index (χ0n) is 10.0. The van der Waals surface area contributed by atoms with Crippen LogP contribution in [0.25, 0.3) is 0 Å². The van der Waals surface area contributed by atoms with Crippen molar-refractivity contribution in [2.75, 3.05) is 11.6 Å². The normalized spacial score (nSPS) is 12.4. The maximum absolute atomic E-state index is 11.2. The molecule has 1 heterocycles. The lowest BCUT2D eigenvalue weighted by Crippen LogP contribution is -2.02.